The van der Waals surface area contributed by atoms with Crippen LogP contribution in [0, 0.1) is 5.92 Å². The maximum atomic E-state index is 11.8. The summed E-state index contributed by atoms with van der Waals surface area (Å²) in [6, 6.07) is -0.199. The highest BCUT2D eigenvalue weighted by Gasteiger charge is 2.30. The molecule has 2 N–H and O–H groups in total. The summed E-state index contributed by atoms with van der Waals surface area (Å²) in [7, 11) is 1.64. The van der Waals surface area contributed by atoms with E-state index in [4.69, 9.17) is 4.74 Å². The van der Waals surface area contributed by atoms with Gasteiger partial charge in [0.1, 0.15) is 0 Å². The Hall–Kier alpha value is -1.10. The first-order valence-electron chi connectivity index (χ1n) is 7.16. The van der Waals surface area contributed by atoms with Gasteiger partial charge in [-0.3, -0.25) is 9.59 Å². The number of aliphatic carboxylic acids is 1. The largest absolute Gasteiger partial charge is 0.481 e. The van der Waals surface area contributed by atoms with Gasteiger partial charge in [-0.1, -0.05) is 19.3 Å². The van der Waals surface area contributed by atoms with Crippen molar-refractivity contribution in [1.82, 2.24) is 5.32 Å². The zero-order valence-corrected chi connectivity index (χ0v) is 11.7. The van der Waals surface area contributed by atoms with Crippen LogP contribution in [0.25, 0.3) is 0 Å². The molecule has 110 valence electrons. The van der Waals surface area contributed by atoms with Crippen molar-refractivity contribution in [2.75, 3.05) is 13.7 Å². The van der Waals surface area contributed by atoms with Crippen molar-refractivity contribution in [3.8, 4) is 0 Å². The van der Waals surface area contributed by atoms with Crippen molar-refractivity contribution in [3.05, 3.63) is 0 Å². The van der Waals surface area contributed by atoms with Crippen LogP contribution in [-0.2, 0) is 14.3 Å². The molecule has 1 amide bonds. The second-order valence-electron chi connectivity index (χ2n) is 5.21. The molecular weight excluding hydrogens is 246 g/mol. The van der Waals surface area contributed by atoms with E-state index in [2.05, 4.69) is 5.32 Å². The minimum atomic E-state index is -0.786. The van der Waals surface area contributed by atoms with Crippen LogP contribution < -0.4 is 5.32 Å². The van der Waals surface area contributed by atoms with E-state index in [-0.39, 0.29) is 11.9 Å². The molecule has 5 nitrogen and oxygen atoms in total. The van der Waals surface area contributed by atoms with Crippen LogP contribution >= 0.6 is 0 Å². The summed E-state index contributed by atoms with van der Waals surface area (Å²) in [5, 5.41) is 12.1. The van der Waals surface area contributed by atoms with Crippen molar-refractivity contribution >= 4 is 11.9 Å². The van der Waals surface area contributed by atoms with E-state index in [0.29, 0.717) is 19.4 Å². The molecule has 1 rings (SSSR count). The first-order chi connectivity index (χ1) is 9.15. The van der Waals surface area contributed by atoms with E-state index in [1.165, 1.54) is 0 Å². The smallest absolute Gasteiger partial charge is 0.308 e. The molecule has 0 aromatic heterocycles. The maximum absolute atomic E-state index is 11.8. The van der Waals surface area contributed by atoms with Gasteiger partial charge in [-0.15, -0.1) is 0 Å². The Morgan fingerprint density at radius 2 is 1.95 bits per heavy atom. The first kappa shape index (κ1) is 16.0. The molecule has 0 heterocycles. The quantitative estimate of drug-likeness (QED) is 0.548. The Balaban J connectivity index is 2.38. The second kappa shape index (κ2) is 8.91. The Kier molecular flexibility index (Phi) is 7.48. The van der Waals surface area contributed by atoms with Gasteiger partial charge in [-0.05, 0) is 25.7 Å². The summed E-state index contributed by atoms with van der Waals surface area (Å²) in [6.45, 7) is 0.661. The number of amides is 1. The van der Waals surface area contributed by atoms with E-state index in [9.17, 15) is 14.7 Å². The molecule has 0 saturated heterocycles. The van der Waals surface area contributed by atoms with E-state index in [0.717, 1.165) is 38.5 Å². The normalized spacial score (nSPS) is 23.6. The molecule has 0 aromatic carbocycles. The summed E-state index contributed by atoms with van der Waals surface area (Å²) >= 11 is 0. The number of rotatable bonds is 7. The van der Waals surface area contributed by atoms with Gasteiger partial charge in [-0.2, -0.15) is 0 Å². The Morgan fingerprint density at radius 3 is 2.63 bits per heavy atom. The standard InChI is InChI=1S/C14H25NO4/c1-19-10-6-5-9-13(16)15-12-8-4-2-3-7-11(12)14(17)18/h11-12H,2-10H2,1H3,(H,15,16)(H,17,18)/t11-,12+/m1/s1. The van der Waals surface area contributed by atoms with Crippen LogP contribution in [-0.4, -0.2) is 36.7 Å². The van der Waals surface area contributed by atoms with Crippen molar-refractivity contribution in [1.29, 1.82) is 0 Å². The molecular formula is C14H25NO4. The molecule has 0 bridgehead atoms. The van der Waals surface area contributed by atoms with Crippen molar-refractivity contribution < 1.29 is 19.4 Å². The van der Waals surface area contributed by atoms with E-state index in [1.807, 2.05) is 0 Å². The molecule has 1 aliphatic carbocycles. The Labute approximate surface area is 114 Å². The van der Waals surface area contributed by atoms with Crippen LogP contribution in [0.2, 0.25) is 0 Å². The molecule has 1 saturated carbocycles. The lowest BCUT2D eigenvalue weighted by atomic mass is 9.94. The highest BCUT2D eigenvalue weighted by atomic mass is 16.5. The molecule has 5 heteroatoms. The number of carbonyl (C=O) groups excluding carboxylic acids is 1. The predicted octanol–water partition coefficient (Wildman–Crippen LogP) is 1.95. The highest BCUT2D eigenvalue weighted by molar-refractivity contribution is 5.78. The number of hydrogen-bond donors (Lipinski definition) is 2. The molecule has 2 atom stereocenters. The molecule has 19 heavy (non-hydrogen) atoms. The lowest BCUT2D eigenvalue weighted by Gasteiger charge is -2.22. The number of methoxy groups -OCH3 is 1. The Morgan fingerprint density at radius 1 is 1.21 bits per heavy atom. The number of ether oxygens (including phenoxy) is 1. The molecule has 0 aromatic rings. The fourth-order valence-corrected chi connectivity index (χ4v) is 2.59. The average Bonchev–Trinajstić information content (AvgIpc) is 2.60. The number of nitrogens with one attached hydrogen (secondary N) is 1. The zero-order chi connectivity index (χ0) is 14.1. The minimum absolute atomic E-state index is 0.0331. The molecule has 0 unspecified atom stereocenters. The number of carboxylic acid groups (broad SMARTS) is 1. The lowest BCUT2D eigenvalue weighted by molar-refractivity contribution is -0.143. The summed E-state index contributed by atoms with van der Waals surface area (Å²) in [6.07, 6.45) is 6.54. The molecule has 1 fully saturated rings. The molecule has 0 aliphatic heterocycles. The van der Waals surface area contributed by atoms with Crippen molar-refractivity contribution in [2.45, 2.75) is 57.4 Å². The van der Waals surface area contributed by atoms with E-state index < -0.39 is 11.9 Å². The number of carboxylic acids is 1. The second-order valence-corrected chi connectivity index (χ2v) is 5.21. The van der Waals surface area contributed by atoms with Gasteiger partial charge in [0.05, 0.1) is 5.92 Å². The third kappa shape index (κ3) is 6.05. The summed E-state index contributed by atoms with van der Waals surface area (Å²) in [4.78, 5) is 23.0. The zero-order valence-electron chi connectivity index (χ0n) is 11.7. The maximum Gasteiger partial charge on any atom is 0.308 e. The van der Waals surface area contributed by atoms with Crippen LogP contribution in [0.3, 0.4) is 0 Å². The van der Waals surface area contributed by atoms with Crippen LogP contribution in [0.15, 0.2) is 0 Å². The van der Waals surface area contributed by atoms with Gasteiger partial charge < -0.3 is 15.2 Å². The van der Waals surface area contributed by atoms with Crippen LogP contribution in [0.4, 0.5) is 0 Å². The number of hydrogen-bond acceptors (Lipinski definition) is 3. The van der Waals surface area contributed by atoms with Gasteiger partial charge >= 0.3 is 5.97 Å². The topological polar surface area (TPSA) is 75.6 Å². The third-order valence-electron chi connectivity index (χ3n) is 3.68. The average molecular weight is 271 g/mol. The monoisotopic (exact) mass is 271 g/mol. The Bertz CT molecular complexity index is 293. The molecule has 0 spiro atoms. The summed E-state index contributed by atoms with van der Waals surface area (Å²) in [5.41, 5.74) is 0. The molecule has 1 aliphatic rings. The van der Waals surface area contributed by atoms with E-state index in [1.54, 1.807) is 7.11 Å². The summed E-state index contributed by atoms with van der Waals surface area (Å²) in [5.74, 6) is -1.24. The SMILES string of the molecule is COCCCCC(=O)N[C@H]1CCCCC[C@H]1C(=O)O. The predicted molar refractivity (Wildman–Crippen MR) is 71.9 cm³/mol. The van der Waals surface area contributed by atoms with Gasteiger partial charge in [0.25, 0.3) is 0 Å². The summed E-state index contributed by atoms with van der Waals surface area (Å²) < 4.78 is 4.93. The van der Waals surface area contributed by atoms with E-state index >= 15 is 0 Å². The first-order valence-corrected chi connectivity index (χ1v) is 7.16. The fourth-order valence-electron chi connectivity index (χ4n) is 2.59. The van der Waals surface area contributed by atoms with Gasteiger partial charge in [0, 0.05) is 26.2 Å². The van der Waals surface area contributed by atoms with Crippen LogP contribution in [0.1, 0.15) is 51.4 Å². The van der Waals surface area contributed by atoms with Gasteiger partial charge in [0.15, 0.2) is 0 Å². The lowest BCUT2D eigenvalue weighted by Crippen LogP contribution is -2.42. The highest BCUT2D eigenvalue weighted by Crippen LogP contribution is 2.24. The minimum Gasteiger partial charge on any atom is -0.481 e. The molecule has 0 radical (unpaired) electrons. The van der Waals surface area contributed by atoms with Gasteiger partial charge in [0.2, 0.25) is 5.91 Å². The third-order valence-corrected chi connectivity index (χ3v) is 3.68. The van der Waals surface area contributed by atoms with Gasteiger partial charge in [-0.25, -0.2) is 0 Å². The van der Waals surface area contributed by atoms with Crippen molar-refractivity contribution in [3.63, 3.8) is 0 Å². The fraction of sp³-hybridized carbons (Fsp3) is 0.857. The van der Waals surface area contributed by atoms with Crippen molar-refractivity contribution in [2.24, 2.45) is 5.92 Å². The van der Waals surface area contributed by atoms with Crippen LogP contribution in [0.5, 0.6) is 0 Å². The number of unbranched alkanes of at least 4 members (excludes halogenated alkanes) is 1. The number of carbonyl (C=O) groups is 2.